The van der Waals surface area contributed by atoms with Crippen molar-refractivity contribution in [2.24, 2.45) is 5.73 Å². The molecule has 82 valence electrons. The minimum absolute atomic E-state index is 0.0222. The van der Waals surface area contributed by atoms with Gasteiger partial charge in [-0.25, -0.2) is 0 Å². The van der Waals surface area contributed by atoms with Crippen LogP contribution in [0.5, 0.6) is 0 Å². The Morgan fingerprint density at radius 3 is 2.81 bits per heavy atom. The summed E-state index contributed by atoms with van der Waals surface area (Å²) in [4.78, 5) is 0. The number of nitrogens with two attached hydrogens (primary N) is 1. The van der Waals surface area contributed by atoms with Crippen LogP contribution in [0.15, 0.2) is 30.3 Å². The first-order valence-corrected chi connectivity index (χ1v) is 5.61. The quantitative estimate of drug-likeness (QED) is 0.786. The summed E-state index contributed by atoms with van der Waals surface area (Å²) in [6, 6.07) is 10.1. The maximum atomic E-state index is 6.11. The minimum atomic E-state index is 0.0222. The zero-order valence-corrected chi connectivity index (χ0v) is 9.00. The van der Waals surface area contributed by atoms with Gasteiger partial charge in [-0.2, -0.15) is 0 Å². The molecule has 0 saturated heterocycles. The van der Waals surface area contributed by atoms with Gasteiger partial charge in [-0.1, -0.05) is 30.3 Å². The van der Waals surface area contributed by atoms with Crippen molar-refractivity contribution in [2.45, 2.75) is 25.4 Å². The standard InChI is InChI=1S/C12H14N4/c13-10-7-4-8-11-14-15-12(16(10)11)9-5-2-1-3-6-9/h1-3,5-6,10H,4,7-8,13H2. The second-order valence-electron chi connectivity index (χ2n) is 4.14. The zero-order chi connectivity index (χ0) is 11.0. The maximum Gasteiger partial charge on any atom is 0.165 e. The third-order valence-corrected chi connectivity index (χ3v) is 3.03. The molecule has 0 bridgehead atoms. The Hall–Kier alpha value is -1.68. The van der Waals surface area contributed by atoms with Crippen molar-refractivity contribution in [1.82, 2.24) is 14.8 Å². The normalized spacial score (nSPS) is 19.4. The average molecular weight is 214 g/mol. The van der Waals surface area contributed by atoms with Gasteiger partial charge in [0.05, 0.1) is 6.17 Å². The second kappa shape index (κ2) is 3.72. The predicted octanol–water partition coefficient (Wildman–Crippen LogP) is 1.74. The summed E-state index contributed by atoms with van der Waals surface area (Å²) in [5.74, 6) is 1.90. The van der Waals surface area contributed by atoms with Gasteiger partial charge in [-0.05, 0) is 12.8 Å². The Bertz CT molecular complexity index is 489. The highest BCUT2D eigenvalue weighted by Gasteiger charge is 2.22. The van der Waals surface area contributed by atoms with E-state index in [-0.39, 0.29) is 6.17 Å². The lowest BCUT2D eigenvalue weighted by atomic mass is 10.1. The number of hydrogen-bond acceptors (Lipinski definition) is 3. The van der Waals surface area contributed by atoms with Gasteiger partial charge in [0.15, 0.2) is 5.82 Å². The van der Waals surface area contributed by atoms with Crippen molar-refractivity contribution in [2.75, 3.05) is 0 Å². The molecule has 16 heavy (non-hydrogen) atoms. The Morgan fingerprint density at radius 2 is 2.00 bits per heavy atom. The van der Waals surface area contributed by atoms with Gasteiger partial charge in [0.1, 0.15) is 5.82 Å². The van der Waals surface area contributed by atoms with Crippen LogP contribution in [0.1, 0.15) is 24.8 Å². The maximum absolute atomic E-state index is 6.11. The van der Waals surface area contributed by atoms with E-state index in [0.717, 1.165) is 36.5 Å². The Labute approximate surface area is 94.1 Å². The molecule has 1 aromatic heterocycles. The highest BCUT2D eigenvalue weighted by Crippen LogP contribution is 2.26. The van der Waals surface area contributed by atoms with E-state index in [1.807, 2.05) is 30.3 Å². The molecule has 0 amide bonds. The topological polar surface area (TPSA) is 56.7 Å². The van der Waals surface area contributed by atoms with Crippen LogP contribution in [0.4, 0.5) is 0 Å². The highest BCUT2D eigenvalue weighted by atomic mass is 15.3. The number of fused-ring (bicyclic) bond motifs is 1. The van der Waals surface area contributed by atoms with Crippen molar-refractivity contribution in [3.05, 3.63) is 36.2 Å². The molecule has 1 unspecified atom stereocenters. The summed E-state index contributed by atoms with van der Waals surface area (Å²) in [5, 5.41) is 8.47. The van der Waals surface area contributed by atoms with E-state index in [0.29, 0.717) is 0 Å². The smallest absolute Gasteiger partial charge is 0.165 e. The number of hydrogen-bond donors (Lipinski definition) is 1. The lowest BCUT2D eigenvalue weighted by Crippen LogP contribution is -2.25. The molecule has 0 aliphatic carbocycles. The number of rotatable bonds is 1. The van der Waals surface area contributed by atoms with Gasteiger partial charge in [-0.15, -0.1) is 10.2 Å². The van der Waals surface area contributed by atoms with Crippen LogP contribution < -0.4 is 5.73 Å². The number of aromatic nitrogens is 3. The molecule has 2 aromatic rings. The summed E-state index contributed by atoms with van der Waals surface area (Å²) in [7, 11) is 0. The molecule has 0 spiro atoms. The lowest BCUT2D eigenvalue weighted by molar-refractivity contribution is 0.412. The molecule has 2 N–H and O–H groups in total. The average Bonchev–Trinajstić information content (AvgIpc) is 2.75. The van der Waals surface area contributed by atoms with Crippen molar-refractivity contribution < 1.29 is 0 Å². The van der Waals surface area contributed by atoms with Crippen molar-refractivity contribution >= 4 is 0 Å². The number of nitrogens with zero attached hydrogens (tertiary/aromatic N) is 3. The summed E-state index contributed by atoms with van der Waals surface area (Å²) in [6.45, 7) is 0. The molecule has 1 atom stereocenters. The second-order valence-corrected chi connectivity index (χ2v) is 4.14. The molecule has 1 aliphatic heterocycles. The summed E-state index contributed by atoms with van der Waals surface area (Å²) >= 11 is 0. The number of benzene rings is 1. The molecule has 4 heteroatoms. The molecule has 0 fully saturated rings. The van der Waals surface area contributed by atoms with Crippen molar-refractivity contribution in [3.8, 4) is 11.4 Å². The van der Waals surface area contributed by atoms with Gasteiger partial charge in [0, 0.05) is 12.0 Å². The van der Waals surface area contributed by atoms with Crippen LogP contribution in [-0.4, -0.2) is 14.8 Å². The molecule has 4 nitrogen and oxygen atoms in total. The zero-order valence-electron chi connectivity index (χ0n) is 9.00. The van der Waals surface area contributed by atoms with Gasteiger partial charge in [-0.3, -0.25) is 4.57 Å². The van der Waals surface area contributed by atoms with Gasteiger partial charge >= 0.3 is 0 Å². The van der Waals surface area contributed by atoms with Gasteiger partial charge < -0.3 is 5.73 Å². The largest absolute Gasteiger partial charge is 0.311 e. The van der Waals surface area contributed by atoms with E-state index in [1.54, 1.807) is 0 Å². The number of aryl methyl sites for hydroxylation is 1. The van der Waals surface area contributed by atoms with Crippen molar-refractivity contribution in [1.29, 1.82) is 0 Å². The monoisotopic (exact) mass is 214 g/mol. The summed E-state index contributed by atoms with van der Waals surface area (Å²) < 4.78 is 2.07. The van der Waals surface area contributed by atoms with E-state index in [4.69, 9.17) is 5.73 Å². The highest BCUT2D eigenvalue weighted by molar-refractivity contribution is 5.55. The third kappa shape index (κ3) is 1.42. The van der Waals surface area contributed by atoms with Crippen LogP contribution in [0.25, 0.3) is 11.4 Å². The van der Waals surface area contributed by atoms with Crippen LogP contribution in [0, 0.1) is 0 Å². The molecule has 0 radical (unpaired) electrons. The first-order valence-electron chi connectivity index (χ1n) is 5.61. The van der Waals surface area contributed by atoms with E-state index < -0.39 is 0 Å². The summed E-state index contributed by atoms with van der Waals surface area (Å²) in [5.41, 5.74) is 7.19. The van der Waals surface area contributed by atoms with E-state index in [2.05, 4.69) is 14.8 Å². The van der Waals surface area contributed by atoms with E-state index >= 15 is 0 Å². The first kappa shape index (κ1) is 9.54. The van der Waals surface area contributed by atoms with Crippen molar-refractivity contribution in [3.63, 3.8) is 0 Å². The van der Waals surface area contributed by atoms with Crippen LogP contribution in [0.2, 0.25) is 0 Å². The molecule has 1 aromatic carbocycles. The molecule has 0 saturated carbocycles. The fourth-order valence-corrected chi connectivity index (χ4v) is 2.23. The SMILES string of the molecule is NC1CCCc2nnc(-c3ccccc3)n21. The molecule has 3 rings (SSSR count). The van der Waals surface area contributed by atoms with Gasteiger partial charge in [0.25, 0.3) is 0 Å². The van der Waals surface area contributed by atoms with Gasteiger partial charge in [0.2, 0.25) is 0 Å². The Balaban J connectivity index is 2.13. The molecule has 1 aliphatic rings. The summed E-state index contributed by atoms with van der Waals surface area (Å²) in [6.07, 6.45) is 3.11. The minimum Gasteiger partial charge on any atom is -0.311 e. The van der Waals surface area contributed by atoms with Crippen LogP contribution in [0.3, 0.4) is 0 Å². The molecule has 2 heterocycles. The van der Waals surface area contributed by atoms with Crippen LogP contribution in [-0.2, 0) is 6.42 Å². The fourth-order valence-electron chi connectivity index (χ4n) is 2.23. The predicted molar refractivity (Wildman–Crippen MR) is 61.6 cm³/mol. The molecular weight excluding hydrogens is 200 g/mol. The Morgan fingerprint density at radius 1 is 1.19 bits per heavy atom. The Kier molecular flexibility index (Phi) is 2.22. The van der Waals surface area contributed by atoms with E-state index in [9.17, 15) is 0 Å². The molecular formula is C12H14N4. The van der Waals surface area contributed by atoms with E-state index in [1.165, 1.54) is 0 Å². The fraction of sp³-hybridized carbons (Fsp3) is 0.333. The first-order chi connectivity index (χ1) is 7.86. The third-order valence-electron chi connectivity index (χ3n) is 3.03. The lowest BCUT2D eigenvalue weighted by Gasteiger charge is -2.22. The van der Waals surface area contributed by atoms with Crippen LogP contribution >= 0.6 is 0 Å².